The van der Waals surface area contributed by atoms with Gasteiger partial charge in [-0.2, -0.15) is 0 Å². The Morgan fingerprint density at radius 1 is 1.18 bits per heavy atom. The first-order valence-electron chi connectivity index (χ1n) is 6.37. The molecule has 0 spiro atoms. The van der Waals surface area contributed by atoms with Crippen molar-refractivity contribution in [2.24, 2.45) is 0 Å². The van der Waals surface area contributed by atoms with Crippen molar-refractivity contribution in [3.05, 3.63) is 64.0 Å². The van der Waals surface area contributed by atoms with Gasteiger partial charge >= 0.3 is 0 Å². The highest BCUT2D eigenvalue weighted by Gasteiger charge is 2.33. The minimum Gasteiger partial charge on any atom is -0.508 e. The molecule has 22 heavy (non-hydrogen) atoms. The quantitative estimate of drug-likeness (QED) is 0.643. The summed E-state index contributed by atoms with van der Waals surface area (Å²) in [4.78, 5) is 14.5. The Labute approximate surface area is 142 Å². The summed E-state index contributed by atoms with van der Waals surface area (Å²) >= 11 is 12.5. The second-order valence-electron chi connectivity index (χ2n) is 4.59. The molecule has 0 unspecified atom stereocenters. The molecule has 1 fully saturated rings. The van der Waals surface area contributed by atoms with E-state index in [1.807, 2.05) is 6.07 Å². The van der Waals surface area contributed by atoms with Crippen LogP contribution in [-0.4, -0.2) is 15.3 Å². The molecule has 0 radical (unpaired) electrons. The van der Waals surface area contributed by atoms with E-state index in [9.17, 15) is 9.90 Å². The number of hydrogen-bond donors (Lipinski definition) is 1. The summed E-state index contributed by atoms with van der Waals surface area (Å²) in [7, 11) is 0. The van der Waals surface area contributed by atoms with Gasteiger partial charge in [-0.1, -0.05) is 53.8 Å². The van der Waals surface area contributed by atoms with Crippen molar-refractivity contribution < 1.29 is 9.90 Å². The summed E-state index contributed by atoms with van der Waals surface area (Å²) in [6.45, 7) is 0. The molecule has 1 heterocycles. The van der Waals surface area contributed by atoms with Gasteiger partial charge in [0.25, 0.3) is 5.91 Å². The molecule has 0 aliphatic carbocycles. The largest absolute Gasteiger partial charge is 0.508 e. The number of thioether (sulfide) groups is 1. The van der Waals surface area contributed by atoms with Crippen molar-refractivity contribution in [1.29, 1.82) is 0 Å². The van der Waals surface area contributed by atoms with Crippen LogP contribution in [0.2, 0.25) is 5.02 Å². The summed E-state index contributed by atoms with van der Waals surface area (Å²) in [5.74, 6) is -0.0420. The van der Waals surface area contributed by atoms with Gasteiger partial charge in [-0.25, -0.2) is 0 Å². The van der Waals surface area contributed by atoms with Crippen LogP contribution in [0.3, 0.4) is 0 Å². The van der Waals surface area contributed by atoms with Gasteiger partial charge in [0.1, 0.15) is 5.75 Å². The molecule has 110 valence electrons. The van der Waals surface area contributed by atoms with E-state index in [4.69, 9.17) is 23.8 Å². The lowest BCUT2D eigenvalue weighted by molar-refractivity contribution is -0.113. The van der Waals surface area contributed by atoms with E-state index in [1.165, 1.54) is 16.7 Å². The van der Waals surface area contributed by atoms with Crippen LogP contribution >= 0.6 is 35.6 Å². The molecule has 2 aromatic carbocycles. The molecule has 0 saturated carbocycles. The fourth-order valence-electron chi connectivity index (χ4n) is 2.07. The Balaban J connectivity index is 1.95. The van der Waals surface area contributed by atoms with E-state index in [0.29, 0.717) is 19.9 Å². The van der Waals surface area contributed by atoms with Gasteiger partial charge < -0.3 is 5.11 Å². The minimum absolute atomic E-state index is 0.152. The Morgan fingerprint density at radius 2 is 1.95 bits per heavy atom. The third kappa shape index (κ3) is 3.02. The van der Waals surface area contributed by atoms with Crippen molar-refractivity contribution in [1.82, 2.24) is 0 Å². The molecule has 3 nitrogen and oxygen atoms in total. The number of phenolic OH excluding ortho intramolecular Hbond substituents is 1. The van der Waals surface area contributed by atoms with Crippen LogP contribution in [0, 0.1) is 0 Å². The number of nitrogens with zero attached hydrogens (tertiary/aromatic N) is 1. The number of anilines is 1. The van der Waals surface area contributed by atoms with Gasteiger partial charge in [-0.15, -0.1) is 0 Å². The molecule has 1 aliphatic heterocycles. The first-order valence-corrected chi connectivity index (χ1v) is 7.97. The number of hydrogen-bond acceptors (Lipinski definition) is 4. The van der Waals surface area contributed by atoms with E-state index in [-0.39, 0.29) is 11.7 Å². The van der Waals surface area contributed by atoms with Crippen LogP contribution < -0.4 is 4.90 Å². The number of phenols is 1. The van der Waals surface area contributed by atoms with E-state index in [0.717, 1.165) is 5.56 Å². The molecule has 1 amide bonds. The summed E-state index contributed by atoms with van der Waals surface area (Å²) in [5, 5.41) is 10.0. The Morgan fingerprint density at radius 3 is 2.68 bits per heavy atom. The van der Waals surface area contributed by atoms with E-state index in [1.54, 1.807) is 48.5 Å². The molecule has 3 rings (SSSR count). The number of aromatic hydroxyl groups is 1. The Bertz CT molecular complexity index is 804. The van der Waals surface area contributed by atoms with Crippen LogP contribution in [0.15, 0.2) is 53.4 Å². The number of benzene rings is 2. The highest BCUT2D eigenvalue weighted by molar-refractivity contribution is 8.27. The molecule has 0 bridgehead atoms. The van der Waals surface area contributed by atoms with E-state index < -0.39 is 0 Å². The van der Waals surface area contributed by atoms with E-state index >= 15 is 0 Å². The van der Waals surface area contributed by atoms with Gasteiger partial charge in [0.2, 0.25) is 0 Å². The van der Waals surface area contributed by atoms with Gasteiger partial charge in [-0.05, 0) is 42.0 Å². The molecule has 1 aliphatic rings. The number of halogens is 1. The van der Waals surface area contributed by atoms with Crippen molar-refractivity contribution >= 4 is 57.6 Å². The van der Waals surface area contributed by atoms with Crippen molar-refractivity contribution in [3.8, 4) is 5.75 Å². The molecule has 6 heteroatoms. The average Bonchev–Trinajstić information content (AvgIpc) is 2.73. The molecule has 0 aromatic heterocycles. The number of rotatable bonds is 2. The molecule has 1 saturated heterocycles. The third-order valence-corrected chi connectivity index (χ3v) is 4.57. The van der Waals surface area contributed by atoms with Gasteiger partial charge in [0.05, 0.1) is 10.6 Å². The fraction of sp³-hybridized carbons (Fsp3) is 0. The maximum absolute atomic E-state index is 12.6. The van der Waals surface area contributed by atoms with Crippen LogP contribution in [0.5, 0.6) is 5.75 Å². The normalized spacial score (nSPS) is 16.6. The van der Waals surface area contributed by atoms with Crippen LogP contribution in [0.25, 0.3) is 6.08 Å². The molecular formula is C16H10ClNO2S2. The second-order valence-corrected chi connectivity index (χ2v) is 6.70. The van der Waals surface area contributed by atoms with Gasteiger partial charge in [0, 0.05) is 5.02 Å². The maximum atomic E-state index is 12.6. The van der Waals surface area contributed by atoms with Gasteiger partial charge in [0.15, 0.2) is 4.32 Å². The summed E-state index contributed by atoms with van der Waals surface area (Å²) in [5.41, 5.74) is 1.39. The number of thiocarbonyl (C=S) groups is 1. The Hall–Kier alpha value is -1.82. The standard InChI is InChI=1S/C16H10ClNO2S2/c17-11-4-2-5-12(9-11)18-15(20)14(22-16(18)21)8-10-3-1-6-13(19)7-10/h1-9,19H. The SMILES string of the molecule is O=C1C(=Cc2cccc(O)c2)SC(=S)N1c1cccc(Cl)c1. The second kappa shape index (κ2) is 6.12. The number of carbonyl (C=O) groups excluding carboxylic acids is 1. The topological polar surface area (TPSA) is 40.5 Å². The zero-order valence-corrected chi connectivity index (χ0v) is 13.6. The van der Waals surface area contributed by atoms with Crippen molar-refractivity contribution in [2.75, 3.05) is 4.90 Å². The first kappa shape index (κ1) is 15.1. The monoisotopic (exact) mass is 347 g/mol. The zero-order valence-electron chi connectivity index (χ0n) is 11.2. The summed E-state index contributed by atoms with van der Waals surface area (Å²) < 4.78 is 0.457. The smallest absolute Gasteiger partial charge is 0.270 e. The summed E-state index contributed by atoms with van der Waals surface area (Å²) in [6, 6.07) is 13.7. The number of carbonyl (C=O) groups is 1. The average molecular weight is 348 g/mol. The van der Waals surface area contributed by atoms with E-state index in [2.05, 4.69) is 0 Å². The third-order valence-electron chi connectivity index (χ3n) is 3.03. The minimum atomic E-state index is -0.194. The van der Waals surface area contributed by atoms with Crippen LogP contribution in [0.4, 0.5) is 5.69 Å². The lowest BCUT2D eigenvalue weighted by Crippen LogP contribution is -2.27. The molecule has 2 aromatic rings. The molecule has 1 N–H and O–H groups in total. The zero-order chi connectivity index (χ0) is 15.7. The molecular weight excluding hydrogens is 338 g/mol. The predicted octanol–water partition coefficient (Wildman–Crippen LogP) is 4.45. The highest BCUT2D eigenvalue weighted by Crippen LogP contribution is 2.36. The first-order chi connectivity index (χ1) is 10.5. The van der Waals surface area contributed by atoms with Crippen LogP contribution in [0.1, 0.15) is 5.56 Å². The Kier molecular flexibility index (Phi) is 4.20. The lowest BCUT2D eigenvalue weighted by atomic mass is 10.2. The van der Waals surface area contributed by atoms with Crippen LogP contribution in [-0.2, 0) is 4.79 Å². The van der Waals surface area contributed by atoms with Crippen molar-refractivity contribution in [2.45, 2.75) is 0 Å². The lowest BCUT2D eigenvalue weighted by Gasteiger charge is -2.14. The summed E-state index contributed by atoms with van der Waals surface area (Å²) in [6.07, 6.45) is 1.71. The molecule has 0 atom stereocenters. The number of amides is 1. The van der Waals surface area contributed by atoms with Crippen molar-refractivity contribution in [3.63, 3.8) is 0 Å². The fourth-order valence-corrected chi connectivity index (χ4v) is 3.56. The highest BCUT2D eigenvalue weighted by atomic mass is 35.5. The maximum Gasteiger partial charge on any atom is 0.270 e. The van der Waals surface area contributed by atoms with Gasteiger partial charge in [-0.3, -0.25) is 9.69 Å². The predicted molar refractivity (Wildman–Crippen MR) is 95.2 cm³/mol.